The molecule has 0 bridgehead atoms. The second-order valence-electron chi connectivity index (χ2n) is 9.22. The molecule has 1 aliphatic heterocycles. The summed E-state index contributed by atoms with van der Waals surface area (Å²) in [5, 5.41) is 14.2. The number of nitrogens with zero attached hydrogens (tertiary/aromatic N) is 4. The smallest absolute Gasteiger partial charge is 0.0991 e. The van der Waals surface area contributed by atoms with Crippen molar-refractivity contribution in [2.24, 2.45) is 0 Å². The average Bonchev–Trinajstić information content (AvgIpc) is 3.23. The monoisotopic (exact) mass is 515 g/mol. The van der Waals surface area contributed by atoms with E-state index >= 15 is 0 Å². The Balaban J connectivity index is 1.31. The largest absolute Gasteiger partial charge is 0.329 e. The lowest BCUT2D eigenvalue weighted by atomic mass is 9.99. The molecule has 0 aliphatic carbocycles. The number of nitriles is 1. The molecular formula is C29H27Cl2N5. The van der Waals surface area contributed by atoms with Crippen LogP contribution in [0.1, 0.15) is 39.6 Å². The Labute approximate surface area is 221 Å². The summed E-state index contributed by atoms with van der Waals surface area (Å²) in [6.07, 6.45) is 4.79. The fourth-order valence-electron chi connectivity index (χ4n) is 4.85. The third-order valence-corrected chi connectivity index (χ3v) is 7.10. The maximum Gasteiger partial charge on any atom is 0.0991 e. The predicted molar refractivity (Wildman–Crippen MR) is 144 cm³/mol. The Hall–Kier alpha value is -3.14. The minimum absolute atomic E-state index is 0.177. The zero-order valence-electron chi connectivity index (χ0n) is 19.9. The van der Waals surface area contributed by atoms with Gasteiger partial charge in [0, 0.05) is 55.0 Å². The lowest BCUT2D eigenvalue weighted by Crippen LogP contribution is -2.34. The van der Waals surface area contributed by atoms with Gasteiger partial charge in [-0.15, -0.1) is 0 Å². The number of nitrogens with one attached hydrogen (secondary N) is 1. The number of rotatable bonds is 7. The quantitative estimate of drug-likeness (QED) is 0.328. The Morgan fingerprint density at radius 3 is 2.53 bits per heavy atom. The van der Waals surface area contributed by atoms with E-state index in [2.05, 4.69) is 50.1 Å². The van der Waals surface area contributed by atoms with Crippen LogP contribution in [0.2, 0.25) is 10.0 Å². The third kappa shape index (κ3) is 5.98. The lowest BCUT2D eigenvalue weighted by molar-refractivity contribution is 0.245. The summed E-state index contributed by atoms with van der Waals surface area (Å²) in [5.74, 6) is 0. The van der Waals surface area contributed by atoms with E-state index in [-0.39, 0.29) is 6.04 Å². The van der Waals surface area contributed by atoms with Gasteiger partial charge in [0.1, 0.15) is 0 Å². The van der Waals surface area contributed by atoms with Crippen molar-refractivity contribution < 1.29 is 0 Å². The van der Waals surface area contributed by atoms with Crippen LogP contribution in [0, 0.1) is 11.3 Å². The average molecular weight is 516 g/mol. The molecule has 1 unspecified atom stereocenters. The van der Waals surface area contributed by atoms with E-state index in [4.69, 9.17) is 28.5 Å². The maximum atomic E-state index is 9.05. The van der Waals surface area contributed by atoms with Crippen molar-refractivity contribution in [3.63, 3.8) is 0 Å². The van der Waals surface area contributed by atoms with Crippen LogP contribution in [0.5, 0.6) is 0 Å². The van der Waals surface area contributed by atoms with Gasteiger partial charge >= 0.3 is 0 Å². The summed E-state index contributed by atoms with van der Waals surface area (Å²) in [5.41, 5.74) is 6.78. The van der Waals surface area contributed by atoms with Gasteiger partial charge in [-0.1, -0.05) is 59.6 Å². The van der Waals surface area contributed by atoms with E-state index in [0.29, 0.717) is 28.7 Å². The standard InChI is InChI=1S/C29H27Cl2N5/c30-25-11-23(12-26(31)13-25)17-35-10-9-24-3-1-2-4-28(24)29(19-35)34-16-27-15-33-20-36(27)18-22-7-5-21(14-32)6-8-22/h1-8,11-13,15,20,29,34H,9-10,16-19H2. The molecule has 182 valence electrons. The molecule has 3 aromatic carbocycles. The van der Waals surface area contributed by atoms with Gasteiger partial charge in [-0.05, 0) is 59.0 Å². The number of imidazole rings is 1. The minimum Gasteiger partial charge on any atom is -0.329 e. The SMILES string of the molecule is N#Cc1ccc(Cn2cncc2CNC2CN(Cc3cc(Cl)cc(Cl)c3)CCc3ccccc32)cc1. The Morgan fingerprint density at radius 1 is 0.972 bits per heavy atom. The van der Waals surface area contributed by atoms with E-state index in [9.17, 15) is 0 Å². The molecule has 5 rings (SSSR count). The van der Waals surface area contributed by atoms with Crippen LogP contribution < -0.4 is 5.32 Å². The number of aromatic nitrogens is 2. The van der Waals surface area contributed by atoms with E-state index < -0.39 is 0 Å². The Bertz CT molecular complexity index is 1350. The van der Waals surface area contributed by atoms with Crippen LogP contribution in [0.3, 0.4) is 0 Å². The Morgan fingerprint density at radius 2 is 1.75 bits per heavy atom. The second kappa shape index (κ2) is 11.3. The summed E-state index contributed by atoms with van der Waals surface area (Å²) >= 11 is 12.5. The van der Waals surface area contributed by atoms with E-state index in [1.165, 1.54) is 11.1 Å². The van der Waals surface area contributed by atoms with Crippen molar-refractivity contribution in [2.45, 2.75) is 32.1 Å². The molecule has 0 spiro atoms. The summed E-state index contributed by atoms with van der Waals surface area (Å²) in [7, 11) is 0. The summed E-state index contributed by atoms with van der Waals surface area (Å²) in [4.78, 5) is 6.87. The molecule has 0 amide bonds. The van der Waals surface area contributed by atoms with Crippen molar-refractivity contribution in [3.8, 4) is 6.07 Å². The van der Waals surface area contributed by atoms with Gasteiger partial charge in [0.25, 0.3) is 0 Å². The highest BCUT2D eigenvalue weighted by Gasteiger charge is 2.23. The van der Waals surface area contributed by atoms with E-state index in [1.807, 2.05) is 48.9 Å². The molecule has 5 nitrogen and oxygen atoms in total. The molecule has 1 atom stereocenters. The maximum absolute atomic E-state index is 9.05. The van der Waals surface area contributed by atoms with Gasteiger partial charge < -0.3 is 9.88 Å². The van der Waals surface area contributed by atoms with Gasteiger partial charge in [0.15, 0.2) is 0 Å². The van der Waals surface area contributed by atoms with E-state index in [1.54, 1.807) is 6.07 Å². The summed E-state index contributed by atoms with van der Waals surface area (Å²) in [6.45, 7) is 4.06. The number of hydrogen-bond donors (Lipinski definition) is 1. The summed E-state index contributed by atoms with van der Waals surface area (Å²) in [6, 6.07) is 24.5. The molecule has 1 aromatic heterocycles. The Kier molecular flexibility index (Phi) is 7.69. The third-order valence-electron chi connectivity index (χ3n) is 6.66. The molecule has 0 saturated heterocycles. The van der Waals surface area contributed by atoms with Gasteiger partial charge in [-0.25, -0.2) is 4.98 Å². The number of halogens is 2. The molecule has 0 radical (unpaired) electrons. The first-order valence-corrected chi connectivity index (χ1v) is 12.8. The fraction of sp³-hybridized carbons (Fsp3) is 0.241. The highest BCUT2D eigenvalue weighted by molar-refractivity contribution is 6.34. The zero-order chi connectivity index (χ0) is 24.9. The zero-order valence-corrected chi connectivity index (χ0v) is 21.4. The highest BCUT2D eigenvalue weighted by atomic mass is 35.5. The molecule has 1 aliphatic rings. The number of hydrogen-bond acceptors (Lipinski definition) is 4. The first-order chi connectivity index (χ1) is 17.6. The first kappa shape index (κ1) is 24.5. The van der Waals surface area contributed by atoms with Gasteiger partial charge in [-0.2, -0.15) is 5.26 Å². The number of fused-ring (bicyclic) bond motifs is 1. The molecule has 0 saturated carbocycles. The van der Waals surface area contributed by atoms with Crippen LogP contribution in [-0.4, -0.2) is 27.5 Å². The second-order valence-corrected chi connectivity index (χ2v) is 10.1. The predicted octanol–water partition coefficient (Wildman–Crippen LogP) is 6.00. The lowest BCUT2D eigenvalue weighted by Gasteiger charge is -2.26. The molecule has 1 N–H and O–H groups in total. The van der Waals surface area contributed by atoms with Crippen molar-refractivity contribution in [1.29, 1.82) is 5.26 Å². The van der Waals surface area contributed by atoms with Crippen LogP contribution in [-0.2, 0) is 26.1 Å². The van der Waals surface area contributed by atoms with Crippen LogP contribution in [0.15, 0.2) is 79.3 Å². The molecule has 0 fully saturated rings. The topological polar surface area (TPSA) is 56.9 Å². The highest BCUT2D eigenvalue weighted by Crippen LogP contribution is 2.26. The molecule has 36 heavy (non-hydrogen) atoms. The van der Waals surface area contributed by atoms with Crippen molar-refractivity contribution in [2.75, 3.05) is 13.1 Å². The van der Waals surface area contributed by atoms with Gasteiger partial charge in [0.05, 0.1) is 23.7 Å². The van der Waals surface area contributed by atoms with Crippen molar-refractivity contribution in [3.05, 3.63) is 123 Å². The number of benzene rings is 3. The molecular weight excluding hydrogens is 489 g/mol. The van der Waals surface area contributed by atoms with E-state index in [0.717, 1.165) is 42.9 Å². The van der Waals surface area contributed by atoms with Crippen molar-refractivity contribution >= 4 is 23.2 Å². The minimum atomic E-state index is 0.177. The first-order valence-electron chi connectivity index (χ1n) is 12.0. The fourth-order valence-corrected chi connectivity index (χ4v) is 5.42. The van der Waals surface area contributed by atoms with Crippen LogP contribution in [0.25, 0.3) is 0 Å². The summed E-state index contributed by atoms with van der Waals surface area (Å²) < 4.78 is 2.16. The van der Waals surface area contributed by atoms with Gasteiger partial charge in [-0.3, -0.25) is 4.90 Å². The normalized spacial score (nSPS) is 15.8. The van der Waals surface area contributed by atoms with Crippen LogP contribution >= 0.6 is 23.2 Å². The molecule has 4 aromatic rings. The van der Waals surface area contributed by atoms with Crippen LogP contribution in [0.4, 0.5) is 0 Å². The molecule has 2 heterocycles. The molecule has 7 heteroatoms. The van der Waals surface area contributed by atoms with Gasteiger partial charge in [0.2, 0.25) is 0 Å². The van der Waals surface area contributed by atoms with Crippen molar-refractivity contribution in [1.82, 2.24) is 19.8 Å².